The van der Waals surface area contributed by atoms with Gasteiger partial charge < -0.3 is 5.32 Å². The standard InChI is InChI=1S/C13H18ClNS/c1-2-8-15-12(10-5-3-4-6-10)13-11(14)7-9-16-13/h5,7,9,12,15H,2-4,6,8H2,1H3. The first-order valence-electron chi connectivity index (χ1n) is 5.98. The van der Waals surface area contributed by atoms with E-state index in [0.717, 1.165) is 18.0 Å². The van der Waals surface area contributed by atoms with Gasteiger partial charge in [0.2, 0.25) is 0 Å². The molecule has 16 heavy (non-hydrogen) atoms. The number of rotatable bonds is 5. The van der Waals surface area contributed by atoms with E-state index in [2.05, 4.69) is 23.7 Å². The van der Waals surface area contributed by atoms with E-state index in [1.165, 1.54) is 29.7 Å². The van der Waals surface area contributed by atoms with E-state index in [1.807, 2.05) is 6.07 Å². The van der Waals surface area contributed by atoms with E-state index >= 15 is 0 Å². The fourth-order valence-corrected chi connectivity index (χ4v) is 3.43. The third-order valence-corrected chi connectivity index (χ3v) is 4.38. The lowest BCUT2D eigenvalue weighted by molar-refractivity contribution is 0.586. The Kier molecular flexibility index (Phi) is 4.45. The Morgan fingerprint density at radius 1 is 1.56 bits per heavy atom. The van der Waals surface area contributed by atoms with Crippen LogP contribution in [0.1, 0.15) is 43.5 Å². The highest BCUT2D eigenvalue weighted by atomic mass is 35.5. The fourth-order valence-electron chi connectivity index (χ4n) is 2.15. The highest BCUT2D eigenvalue weighted by molar-refractivity contribution is 7.10. The zero-order valence-corrected chi connectivity index (χ0v) is 11.2. The fraction of sp³-hybridized carbons (Fsp3) is 0.538. The Bertz CT molecular complexity index is 370. The number of nitrogens with one attached hydrogen (secondary N) is 1. The summed E-state index contributed by atoms with van der Waals surface area (Å²) in [5.41, 5.74) is 1.53. The molecule has 0 saturated heterocycles. The molecule has 0 bridgehead atoms. The van der Waals surface area contributed by atoms with Crippen LogP contribution in [-0.4, -0.2) is 6.54 Å². The molecule has 0 fully saturated rings. The van der Waals surface area contributed by atoms with Crippen LogP contribution in [-0.2, 0) is 0 Å². The molecular formula is C13H18ClNS. The van der Waals surface area contributed by atoms with E-state index in [9.17, 15) is 0 Å². The van der Waals surface area contributed by atoms with E-state index in [0.29, 0.717) is 6.04 Å². The molecule has 0 aliphatic heterocycles. The van der Waals surface area contributed by atoms with Gasteiger partial charge in [-0.15, -0.1) is 11.3 Å². The van der Waals surface area contributed by atoms with Crippen molar-refractivity contribution in [3.63, 3.8) is 0 Å². The zero-order valence-electron chi connectivity index (χ0n) is 9.63. The average molecular weight is 256 g/mol. The first-order chi connectivity index (χ1) is 7.83. The summed E-state index contributed by atoms with van der Waals surface area (Å²) in [6, 6.07) is 2.35. The van der Waals surface area contributed by atoms with Crippen LogP contribution < -0.4 is 5.32 Å². The smallest absolute Gasteiger partial charge is 0.0645 e. The maximum absolute atomic E-state index is 6.24. The first-order valence-corrected chi connectivity index (χ1v) is 7.24. The van der Waals surface area contributed by atoms with Gasteiger partial charge in [-0.3, -0.25) is 0 Å². The van der Waals surface area contributed by atoms with E-state index in [1.54, 1.807) is 11.3 Å². The molecule has 1 nitrogen and oxygen atoms in total. The molecule has 1 unspecified atom stereocenters. The minimum Gasteiger partial charge on any atom is -0.306 e. The summed E-state index contributed by atoms with van der Waals surface area (Å²) in [6.45, 7) is 3.25. The largest absolute Gasteiger partial charge is 0.306 e. The van der Waals surface area contributed by atoms with Crippen LogP contribution in [0, 0.1) is 0 Å². The van der Waals surface area contributed by atoms with Crippen molar-refractivity contribution in [1.29, 1.82) is 0 Å². The number of hydrogen-bond donors (Lipinski definition) is 1. The molecule has 0 aromatic carbocycles. The predicted molar refractivity (Wildman–Crippen MR) is 72.3 cm³/mol. The van der Waals surface area contributed by atoms with Gasteiger partial charge in [0.1, 0.15) is 0 Å². The SMILES string of the molecule is CCCNC(C1=CCCC1)c1sccc1Cl. The minimum absolute atomic E-state index is 0.356. The summed E-state index contributed by atoms with van der Waals surface area (Å²) in [5, 5.41) is 6.60. The van der Waals surface area contributed by atoms with Crippen molar-refractivity contribution >= 4 is 22.9 Å². The lowest BCUT2D eigenvalue weighted by Gasteiger charge is -2.19. The summed E-state index contributed by atoms with van der Waals surface area (Å²) in [4.78, 5) is 1.28. The quantitative estimate of drug-likeness (QED) is 0.761. The summed E-state index contributed by atoms with van der Waals surface area (Å²) in [7, 11) is 0. The van der Waals surface area contributed by atoms with Crippen LogP contribution in [0.3, 0.4) is 0 Å². The molecule has 88 valence electrons. The van der Waals surface area contributed by atoms with Gasteiger partial charge in [-0.1, -0.05) is 30.2 Å². The van der Waals surface area contributed by atoms with Crippen molar-refractivity contribution in [1.82, 2.24) is 5.32 Å². The van der Waals surface area contributed by atoms with Gasteiger partial charge in [0.15, 0.2) is 0 Å². The molecule has 0 saturated carbocycles. The van der Waals surface area contributed by atoms with Gasteiger partial charge in [0.05, 0.1) is 11.1 Å². The number of thiophene rings is 1. The number of hydrogen-bond acceptors (Lipinski definition) is 2. The second-order valence-electron chi connectivity index (χ2n) is 4.19. The summed E-state index contributed by atoms with van der Waals surface area (Å²) >= 11 is 7.99. The van der Waals surface area contributed by atoms with Crippen LogP contribution >= 0.6 is 22.9 Å². The normalized spacial score (nSPS) is 17.5. The van der Waals surface area contributed by atoms with Gasteiger partial charge >= 0.3 is 0 Å². The Balaban J connectivity index is 2.17. The van der Waals surface area contributed by atoms with Crippen molar-refractivity contribution in [3.05, 3.63) is 33.0 Å². The van der Waals surface area contributed by atoms with Gasteiger partial charge in [0, 0.05) is 4.88 Å². The Morgan fingerprint density at radius 3 is 3.00 bits per heavy atom. The molecule has 1 aliphatic rings. The third kappa shape index (κ3) is 2.68. The molecule has 3 heteroatoms. The van der Waals surface area contributed by atoms with Crippen LogP contribution in [0.4, 0.5) is 0 Å². The molecule has 1 atom stereocenters. The minimum atomic E-state index is 0.356. The van der Waals surface area contributed by atoms with Crippen LogP contribution in [0.2, 0.25) is 5.02 Å². The number of allylic oxidation sites excluding steroid dienone is 1. The summed E-state index contributed by atoms with van der Waals surface area (Å²) in [5.74, 6) is 0. The maximum atomic E-state index is 6.24. The van der Waals surface area contributed by atoms with Crippen molar-refractivity contribution < 1.29 is 0 Å². The monoisotopic (exact) mass is 255 g/mol. The lowest BCUT2D eigenvalue weighted by atomic mass is 10.0. The molecule has 0 spiro atoms. The van der Waals surface area contributed by atoms with Crippen molar-refractivity contribution in [2.24, 2.45) is 0 Å². The molecule has 1 N–H and O–H groups in total. The summed E-state index contributed by atoms with van der Waals surface area (Å²) < 4.78 is 0. The highest BCUT2D eigenvalue weighted by Crippen LogP contribution is 2.37. The second-order valence-corrected chi connectivity index (χ2v) is 5.55. The second kappa shape index (κ2) is 5.85. The van der Waals surface area contributed by atoms with Crippen LogP contribution in [0.25, 0.3) is 0 Å². The third-order valence-electron chi connectivity index (χ3n) is 2.95. The van der Waals surface area contributed by atoms with Gasteiger partial charge in [-0.25, -0.2) is 0 Å². The Hall–Kier alpha value is -0.310. The van der Waals surface area contributed by atoms with Gasteiger partial charge in [0.25, 0.3) is 0 Å². The van der Waals surface area contributed by atoms with E-state index in [-0.39, 0.29) is 0 Å². The van der Waals surface area contributed by atoms with Crippen LogP contribution in [0.15, 0.2) is 23.1 Å². The van der Waals surface area contributed by atoms with Crippen molar-refractivity contribution in [3.8, 4) is 0 Å². The van der Waals surface area contributed by atoms with Crippen molar-refractivity contribution in [2.75, 3.05) is 6.54 Å². The zero-order chi connectivity index (χ0) is 11.4. The first kappa shape index (κ1) is 12.2. The average Bonchev–Trinajstić information content (AvgIpc) is 2.91. The van der Waals surface area contributed by atoms with E-state index < -0.39 is 0 Å². The molecule has 1 aliphatic carbocycles. The molecule has 0 amide bonds. The Morgan fingerprint density at radius 2 is 2.44 bits per heavy atom. The molecular weight excluding hydrogens is 238 g/mol. The molecule has 2 rings (SSSR count). The molecule has 1 aromatic rings. The molecule has 1 heterocycles. The maximum Gasteiger partial charge on any atom is 0.0645 e. The predicted octanol–water partition coefficient (Wildman–Crippen LogP) is 4.55. The topological polar surface area (TPSA) is 12.0 Å². The lowest BCUT2D eigenvalue weighted by Crippen LogP contribution is -2.22. The summed E-state index contributed by atoms with van der Waals surface area (Å²) in [6.07, 6.45) is 7.27. The number of halogens is 1. The van der Waals surface area contributed by atoms with Gasteiger partial charge in [-0.2, -0.15) is 0 Å². The van der Waals surface area contributed by atoms with Gasteiger partial charge in [-0.05, 0) is 43.7 Å². The highest BCUT2D eigenvalue weighted by Gasteiger charge is 2.21. The Labute approximate surface area is 107 Å². The van der Waals surface area contributed by atoms with Crippen molar-refractivity contribution in [2.45, 2.75) is 38.6 Å². The van der Waals surface area contributed by atoms with Crippen LogP contribution in [0.5, 0.6) is 0 Å². The molecule has 1 aromatic heterocycles. The molecule has 0 radical (unpaired) electrons. The van der Waals surface area contributed by atoms with E-state index in [4.69, 9.17) is 11.6 Å².